The van der Waals surface area contributed by atoms with E-state index in [0.29, 0.717) is 12.3 Å². The van der Waals surface area contributed by atoms with Crippen LogP contribution in [0.1, 0.15) is 69.6 Å². The van der Waals surface area contributed by atoms with Crippen LogP contribution in [0.4, 0.5) is 0 Å². The van der Waals surface area contributed by atoms with Crippen LogP contribution in [0, 0.1) is 6.92 Å². The molecule has 1 saturated carbocycles. The molecule has 0 amide bonds. The highest BCUT2D eigenvalue weighted by Crippen LogP contribution is 2.46. The van der Waals surface area contributed by atoms with Crippen molar-refractivity contribution in [3.8, 4) is 5.75 Å². The quantitative estimate of drug-likeness (QED) is 0.851. The molecule has 2 nitrogen and oxygen atoms in total. The lowest BCUT2D eigenvalue weighted by Gasteiger charge is -2.39. The van der Waals surface area contributed by atoms with Gasteiger partial charge in [-0.3, -0.25) is 0 Å². The minimum atomic E-state index is -0.0447. The Morgan fingerprint density at radius 2 is 1.75 bits per heavy atom. The van der Waals surface area contributed by atoms with Gasteiger partial charge in [0.1, 0.15) is 5.75 Å². The zero-order valence-electron chi connectivity index (χ0n) is 13.4. The molecule has 112 valence electrons. The molecule has 1 aromatic carbocycles. The minimum Gasteiger partial charge on any atom is -0.507 e. The molecular weight excluding hydrogens is 246 g/mol. The Morgan fingerprint density at radius 3 is 2.25 bits per heavy atom. The number of nitrogens with two attached hydrogens (primary N) is 1. The summed E-state index contributed by atoms with van der Waals surface area (Å²) >= 11 is 0. The van der Waals surface area contributed by atoms with Crippen LogP contribution in [0.2, 0.25) is 0 Å². The summed E-state index contributed by atoms with van der Waals surface area (Å²) < 4.78 is 0. The van der Waals surface area contributed by atoms with Crippen molar-refractivity contribution < 1.29 is 5.11 Å². The molecule has 0 atom stereocenters. The maximum absolute atomic E-state index is 10.9. The number of aromatic hydroxyl groups is 1. The fourth-order valence-electron chi connectivity index (χ4n) is 3.75. The average Bonchev–Trinajstić information content (AvgIpc) is 2.38. The molecule has 0 aliphatic heterocycles. The van der Waals surface area contributed by atoms with Gasteiger partial charge in [0.25, 0.3) is 0 Å². The van der Waals surface area contributed by atoms with E-state index in [-0.39, 0.29) is 10.8 Å². The first-order valence-electron chi connectivity index (χ1n) is 7.85. The molecule has 1 fully saturated rings. The van der Waals surface area contributed by atoms with Crippen LogP contribution >= 0.6 is 0 Å². The van der Waals surface area contributed by atoms with Crippen molar-refractivity contribution in [2.24, 2.45) is 5.73 Å². The Labute approximate surface area is 123 Å². The smallest absolute Gasteiger partial charge is 0.123 e. The van der Waals surface area contributed by atoms with Gasteiger partial charge in [-0.25, -0.2) is 0 Å². The maximum Gasteiger partial charge on any atom is 0.123 e. The lowest BCUT2D eigenvalue weighted by Crippen LogP contribution is -2.38. The second kappa shape index (κ2) is 5.40. The molecule has 0 aromatic heterocycles. The predicted molar refractivity (Wildman–Crippen MR) is 85.4 cm³/mol. The second-order valence-electron chi connectivity index (χ2n) is 7.45. The molecule has 3 N–H and O–H groups in total. The van der Waals surface area contributed by atoms with E-state index in [2.05, 4.69) is 39.8 Å². The van der Waals surface area contributed by atoms with Gasteiger partial charge < -0.3 is 10.8 Å². The van der Waals surface area contributed by atoms with E-state index in [0.717, 1.165) is 24.0 Å². The van der Waals surface area contributed by atoms with E-state index in [9.17, 15) is 5.11 Å². The van der Waals surface area contributed by atoms with E-state index in [4.69, 9.17) is 5.73 Å². The summed E-state index contributed by atoms with van der Waals surface area (Å²) in [7, 11) is 0. The van der Waals surface area contributed by atoms with Gasteiger partial charge in [0.2, 0.25) is 0 Å². The molecule has 2 heteroatoms. The molecular formula is C18H29NO. The van der Waals surface area contributed by atoms with Gasteiger partial charge in [-0.15, -0.1) is 0 Å². The van der Waals surface area contributed by atoms with Crippen molar-refractivity contribution in [1.29, 1.82) is 0 Å². The standard InChI is InChI=1S/C18H29NO/c1-13-8-9-14(17(2,3)4)16(20)15(13)18(12-19)10-6-5-7-11-18/h8-9,20H,5-7,10-12,19H2,1-4H3. The largest absolute Gasteiger partial charge is 0.507 e. The van der Waals surface area contributed by atoms with Crippen LogP contribution in [-0.4, -0.2) is 11.7 Å². The summed E-state index contributed by atoms with van der Waals surface area (Å²) in [5.41, 5.74) is 9.43. The Bertz CT molecular complexity index is 479. The first-order chi connectivity index (χ1) is 9.32. The molecule has 0 unspecified atom stereocenters. The van der Waals surface area contributed by atoms with Crippen molar-refractivity contribution in [2.75, 3.05) is 6.54 Å². The number of hydrogen-bond donors (Lipinski definition) is 2. The van der Waals surface area contributed by atoms with Gasteiger partial charge in [-0.2, -0.15) is 0 Å². The summed E-state index contributed by atoms with van der Waals surface area (Å²) in [6.45, 7) is 9.19. The van der Waals surface area contributed by atoms with Gasteiger partial charge in [-0.1, -0.05) is 52.2 Å². The zero-order valence-corrected chi connectivity index (χ0v) is 13.4. The SMILES string of the molecule is Cc1ccc(C(C)(C)C)c(O)c1C1(CN)CCCCC1. The number of benzene rings is 1. The van der Waals surface area contributed by atoms with Crippen LogP contribution in [-0.2, 0) is 10.8 Å². The summed E-state index contributed by atoms with van der Waals surface area (Å²) in [5.74, 6) is 0.491. The van der Waals surface area contributed by atoms with E-state index < -0.39 is 0 Å². The number of aryl methyl sites for hydroxylation is 1. The zero-order chi connectivity index (χ0) is 15.0. The first kappa shape index (κ1) is 15.4. The van der Waals surface area contributed by atoms with Gasteiger partial charge in [0, 0.05) is 17.5 Å². The highest BCUT2D eigenvalue weighted by molar-refractivity contribution is 5.52. The summed E-state index contributed by atoms with van der Waals surface area (Å²) in [6.07, 6.45) is 5.93. The van der Waals surface area contributed by atoms with Crippen molar-refractivity contribution in [2.45, 2.75) is 70.6 Å². The normalized spacial score (nSPS) is 19.1. The van der Waals surface area contributed by atoms with E-state index in [1.807, 2.05) is 0 Å². The van der Waals surface area contributed by atoms with Crippen LogP contribution in [0.15, 0.2) is 12.1 Å². The van der Waals surface area contributed by atoms with Gasteiger partial charge >= 0.3 is 0 Å². The first-order valence-corrected chi connectivity index (χ1v) is 7.85. The maximum atomic E-state index is 10.9. The molecule has 0 bridgehead atoms. The number of phenolic OH excluding ortho intramolecular Hbond substituents is 1. The van der Waals surface area contributed by atoms with Gasteiger partial charge in [-0.05, 0) is 36.3 Å². The molecule has 1 aromatic rings. The summed E-state index contributed by atoms with van der Waals surface area (Å²) in [4.78, 5) is 0. The van der Waals surface area contributed by atoms with E-state index in [1.54, 1.807) is 0 Å². The Morgan fingerprint density at radius 1 is 1.15 bits per heavy atom. The molecule has 0 radical (unpaired) electrons. The summed E-state index contributed by atoms with van der Waals surface area (Å²) in [6, 6.07) is 4.23. The molecule has 1 aliphatic rings. The third-order valence-corrected chi connectivity index (χ3v) is 4.93. The molecule has 1 aliphatic carbocycles. The molecule has 20 heavy (non-hydrogen) atoms. The number of phenols is 1. The lowest BCUT2D eigenvalue weighted by molar-refractivity contribution is 0.287. The number of rotatable bonds is 2. The molecule has 0 heterocycles. The predicted octanol–water partition coefficient (Wildman–Crippen LogP) is 4.16. The topological polar surface area (TPSA) is 46.2 Å². The van der Waals surface area contributed by atoms with E-state index >= 15 is 0 Å². The van der Waals surface area contributed by atoms with Crippen molar-refractivity contribution in [1.82, 2.24) is 0 Å². The Hall–Kier alpha value is -1.02. The lowest BCUT2D eigenvalue weighted by atomic mass is 9.66. The highest BCUT2D eigenvalue weighted by Gasteiger charge is 2.37. The van der Waals surface area contributed by atoms with Crippen LogP contribution < -0.4 is 5.73 Å². The number of hydrogen-bond acceptors (Lipinski definition) is 2. The van der Waals surface area contributed by atoms with Gasteiger partial charge in [0.05, 0.1) is 0 Å². The van der Waals surface area contributed by atoms with Crippen molar-refractivity contribution in [3.63, 3.8) is 0 Å². The summed E-state index contributed by atoms with van der Waals surface area (Å²) in [5, 5.41) is 10.9. The fraction of sp³-hybridized carbons (Fsp3) is 0.667. The molecule has 0 saturated heterocycles. The monoisotopic (exact) mass is 275 g/mol. The van der Waals surface area contributed by atoms with Gasteiger partial charge in [0.15, 0.2) is 0 Å². The van der Waals surface area contributed by atoms with Crippen LogP contribution in [0.3, 0.4) is 0 Å². The second-order valence-corrected chi connectivity index (χ2v) is 7.45. The van der Waals surface area contributed by atoms with E-state index in [1.165, 1.54) is 24.8 Å². The van der Waals surface area contributed by atoms with Crippen molar-refractivity contribution in [3.05, 3.63) is 28.8 Å². The Balaban J connectivity index is 2.60. The minimum absolute atomic E-state index is 0.0202. The Kier molecular flexibility index (Phi) is 4.15. The van der Waals surface area contributed by atoms with Crippen LogP contribution in [0.5, 0.6) is 5.75 Å². The fourth-order valence-corrected chi connectivity index (χ4v) is 3.75. The third kappa shape index (κ3) is 2.58. The molecule has 0 spiro atoms. The van der Waals surface area contributed by atoms with Crippen LogP contribution in [0.25, 0.3) is 0 Å². The average molecular weight is 275 g/mol. The molecule has 2 rings (SSSR count). The van der Waals surface area contributed by atoms with Crippen molar-refractivity contribution >= 4 is 0 Å². The highest BCUT2D eigenvalue weighted by atomic mass is 16.3. The third-order valence-electron chi connectivity index (χ3n) is 4.93.